The van der Waals surface area contributed by atoms with Crippen LogP contribution in [0.1, 0.15) is 37.4 Å². The van der Waals surface area contributed by atoms with E-state index in [2.05, 4.69) is 20.6 Å². The summed E-state index contributed by atoms with van der Waals surface area (Å²) in [5, 5.41) is 11.4. The molecule has 2 aromatic heterocycles. The number of carbonyl (C=O) groups excluding carboxylic acids is 1. The third-order valence-corrected chi connectivity index (χ3v) is 4.31. The Bertz CT molecular complexity index is 884. The van der Waals surface area contributed by atoms with Crippen LogP contribution in [0.3, 0.4) is 0 Å². The number of anilines is 1. The minimum absolute atomic E-state index is 0.0110. The molecule has 0 amide bonds. The van der Waals surface area contributed by atoms with Crippen molar-refractivity contribution < 1.29 is 18.6 Å². The monoisotopic (exact) mass is 354 g/mol. The first kappa shape index (κ1) is 16.3. The fourth-order valence-electron chi connectivity index (χ4n) is 2.89. The van der Waals surface area contributed by atoms with Crippen molar-refractivity contribution in [3.05, 3.63) is 48.1 Å². The smallest absolute Gasteiger partial charge is 0.303 e. The molecule has 1 fully saturated rings. The number of ether oxygens (including phenoxy) is 1. The molecule has 2 heterocycles. The van der Waals surface area contributed by atoms with Crippen LogP contribution in [-0.2, 0) is 16.1 Å². The van der Waals surface area contributed by atoms with Crippen LogP contribution in [0.4, 0.5) is 5.88 Å². The largest absolute Gasteiger partial charge is 0.456 e. The van der Waals surface area contributed by atoms with Crippen LogP contribution >= 0.6 is 0 Å². The Kier molecular flexibility index (Phi) is 4.39. The molecule has 1 aliphatic carbocycles. The highest BCUT2D eigenvalue weighted by atomic mass is 16.6. The van der Waals surface area contributed by atoms with Gasteiger partial charge in [0.05, 0.1) is 0 Å². The Morgan fingerprint density at radius 2 is 2.04 bits per heavy atom. The molecular formula is C18H18N4O4. The average molecular weight is 354 g/mol. The lowest BCUT2D eigenvalue weighted by atomic mass is 9.80. The Morgan fingerprint density at radius 1 is 1.23 bits per heavy atom. The molecule has 1 saturated carbocycles. The van der Waals surface area contributed by atoms with E-state index in [4.69, 9.17) is 13.8 Å². The van der Waals surface area contributed by atoms with Crippen LogP contribution in [-0.4, -0.2) is 27.3 Å². The topological polar surface area (TPSA) is 103 Å². The Balaban J connectivity index is 1.29. The number of benzene rings is 1. The molecule has 0 saturated heterocycles. The van der Waals surface area contributed by atoms with Crippen molar-refractivity contribution in [2.45, 2.75) is 38.3 Å². The molecule has 0 aliphatic heterocycles. The van der Waals surface area contributed by atoms with Crippen LogP contribution < -0.4 is 5.32 Å². The zero-order valence-electron chi connectivity index (χ0n) is 14.2. The lowest BCUT2D eigenvalue weighted by Gasteiger charge is -2.33. The number of hydrogen-bond acceptors (Lipinski definition) is 8. The molecule has 1 aromatic carbocycles. The third-order valence-electron chi connectivity index (χ3n) is 4.31. The summed E-state index contributed by atoms with van der Waals surface area (Å²) in [6, 6.07) is 12.0. The SMILES string of the molecule is CC(=O)OCc1nc(C2CC(Nc3cc(-c4ccccc4)no3)C2)no1. The highest BCUT2D eigenvalue weighted by Crippen LogP contribution is 2.37. The number of rotatable bonds is 6. The second-order valence-corrected chi connectivity index (χ2v) is 6.28. The van der Waals surface area contributed by atoms with E-state index in [-0.39, 0.29) is 24.5 Å². The molecule has 8 nitrogen and oxygen atoms in total. The number of nitrogens with zero attached hydrogens (tertiary/aromatic N) is 3. The summed E-state index contributed by atoms with van der Waals surface area (Å²) in [4.78, 5) is 15.1. The van der Waals surface area contributed by atoms with Crippen LogP contribution in [0, 0.1) is 0 Å². The van der Waals surface area contributed by atoms with Gasteiger partial charge in [-0.1, -0.05) is 40.6 Å². The van der Waals surface area contributed by atoms with Crippen molar-refractivity contribution in [1.29, 1.82) is 0 Å². The Morgan fingerprint density at radius 3 is 2.81 bits per heavy atom. The first-order valence-electron chi connectivity index (χ1n) is 8.42. The van der Waals surface area contributed by atoms with Gasteiger partial charge in [-0.2, -0.15) is 4.98 Å². The highest BCUT2D eigenvalue weighted by molar-refractivity contribution is 5.65. The molecule has 134 valence electrons. The van der Waals surface area contributed by atoms with E-state index in [1.165, 1.54) is 6.92 Å². The Labute approximate surface area is 149 Å². The first-order valence-corrected chi connectivity index (χ1v) is 8.42. The molecule has 8 heteroatoms. The van der Waals surface area contributed by atoms with E-state index in [9.17, 15) is 4.79 Å². The predicted molar refractivity (Wildman–Crippen MR) is 91.1 cm³/mol. The van der Waals surface area contributed by atoms with Gasteiger partial charge in [0.2, 0.25) is 5.88 Å². The van der Waals surface area contributed by atoms with Gasteiger partial charge in [0.15, 0.2) is 12.4 Å². The van der Waals surface area contributed by atoms with E-state index in [0.29, 0.717) is 17.6 Å². The van der Waals surface area contributed by atoms with Gasteiger partial charge in [-0.25, -0.2) is 0 Å². The summed E-state index contributed by atoms with van der Waals surface area (Å²) in [6.07, 6.45) is 1.74. The second-order valence-electron chi connectivity index (χ2n) is 6.28. The number of carbonyl (C=O) groups is 1. The van der Waals surface area contributed by atoms with Crippen molar-refractivity contribution in [2.24, 2.45) is 0 Å². The number of hydrogen-bond donors (Lipinski definition) is 1. The lowest BCUT2D eigenvalue weighted by molar-refractivity contribution is -0.143. The van der Waals surface area contributed by atoms with Gasteiger partial charge in [0, 0.05) is 30.5 Å². The van der Waals surface area contributed by atoms with E-state index in [1.807, 2.05) is 36.4 Å². The van der Waals surface area contributed by atoms with Crippen molar-refractivity contribution >= 4 is 11.9 Å². The fraction of sp³-hybridized carbons (Fsp3) is 0.333. The van der Waals surface area contributed by atoms with Crippen LogP contribution in [0.25, 0.3) is 11.3 Å². The molecule has 1 aliphatic rings. The maximum Gasteiger partial charge on any atom is 0.303 e. The molecule has 26 heavy (non-hydrogen) atoms. The van der Waals surface area contributed by atoms with E-state index < -0.39 is 0 Å². The van der Waals surface area contributed by atoms with Crippen LogP contribution in [0.15, 0.2) is 45.4 Å². The lowest BCUT2D eigenvalue weighted by Crippen LogP contribution is -2.34. The predicted octanol–water partition coefficient (Wildman–Crippen LogP) is 3.15. The highest BCUT2D eigenvalue weighted by Gasteiger charge is 2.34. The molecule has 0 unspecified atom stereocenters. The maximum absolute atomic E-state index is 10.8. The maximum atomic E-state index is 10.8. The van der Waals surface area contributed by atoms with Gasteiger partial charge in [-0.15, -0.1) is 0 Å². The quantitative estimate of drug-likeness (QED) is 0.673. The van der Waals surface area contributed by atoms with Gasteiger partial charge < -0.3 is 19.1 Å². The van der Waals surface area contributed by atoms with E-state index in [0.717, 1.165) is 24.1 Å². The molecule has 0 radical (unpaired) electrons. The fourth-order valence-corrected chi connectivity index (χ4v) is 2.89. The summed E-state index contributed by atoms with van der Waals surface area (Å²) in [5.41, 5.74) is 1.82. The van der Waals surface area contributed by atoms with Gasteiger partial charge in [0.25, 0.3) is 5.89 Å². The van der Waals surface area contributed by atoms with Crippen molar-refractivity contribution in [3.8, 4) is 11.3 Å². The summed E-state index contributed by atoms with van der Waals surface area (Å²) in [6.45, 7) is 1.35. The zero-order chi connectivity index (χ0) is 17.9. The van der Waals surface area contributed by atoms with Gasteiger partial charge >= 0.3 is 5.97 Å². The molecular weight excluding hydrogens is 336 g/mol. The average Bonchev–Trinajstić information content (AvgIpc) is 3.26. The van der Waals surface area contributed by atoms with Crippen LogP contribution in [0.5, 0.6) is 0 Å². The molecule has 0 atom stereocenters. The molecule has 4 rings (SSSR count). The summed E-state index contributed by atoms with van der Waals surface area (Å²) in [7, 11) is 0. The van der Waals surface area contributed by atoms with Gasteiger partial charge in [0.1, 0.15) is 5.69 Å². The summed E-state index contributed by atoms with van der Waals surface area (Å²) in [5.74, 6) is 1.46. The first-order chi connectivity index (χ1) is 12.7. The molecule has 0 spiro atoms. The minimum Gasteiger partial charge on any atom is -0.456 e. The zero-order valence-corrected chi connectivity index (χ0v) is 14.2. The molecule has 3 aromatic rings. The molecule has 1 N–H and O–H groups in total. The van der Waals surface area contributed by atoms with Crippen molar-refractivity contribution in [2.75, 3.05) is 5.32 Å². The third kappa shape index (κ3) is 3.58. The summed E-state index contributed by atoms with van der Waals surface area (Å²) >= 11 is 0. The molecule has 0 bridgehead atoms. The second kappa shape index (κ2) is 6.99. The summed E-state index contributed by atoms with van der Waals surface area (Å²) < 4.78 is 15.3. The normalized spacial score (nSPS) is 19.0. The van der Waals surface area contributed by atoms with Gasteiger partial charge in [-0.05, 0) is 12.8 Å². The van der Waals surface area contributed by atoms with Crippen molar-refractivity contribution in [1.82, 2.24) is 15.3 Å². The minimum atomic E-state index is -0.375. The van der Waals surface area contributed by atoms with E-state index >= 15 is 0 Å². The number of aromatic nitrogens is 3. The van der Waals surface area contributed by atoms with Crippen LogP contribution in [0.2, 0.25) is 0 Å². The Hall–Kier alpha value is -3.16. The van der Waals surface area contributed by atoms with Crippen molar-refractivity contribution in [3.63, 3.8) is 0 Å². The van der Waals surface area contributed by atoms with E-state index in [1.54, 1.807) is 0 Å². The standard InChI is InChI=1S/C18H18N4O4/c1-11(23)24-10-17-20-18(22-26-17)13-7-14(8-13)19-16-9-15(21-25-16)12-5-3-2-4-6-12/h2-6,9,13-14,19H,7-8,10H2,1H3. The number of esters is 1. The number of nitrogens with one attached hydrogen (secondary N) is 1. The van der Waals surface area contributed by atoms with Gasteiger partial charge in [-0.3, -0.25) is 4.79 Å².